The minimum Gasteiger partial charge on any atom is -0.444 e. The summed E-state index contributed by atoms with van der Waals surface area (Å²) >= 11 is 0. The van der Waals surface area contributed by atoms with Gasteiger partial charge in [-0.25, -0.2) is 4.79 Å². The van der Waals surface area contributed by atoms with E-state index in [9.17, 15) is 4.79 Å². The summed E-state index contributed by atoms with van der Waals surface area (Å²) < 4.78 is 5.38. The topological polar surface area (TPSA) is 50.4 Å². The van der Waals surface area contributed by atoms with E-state index in [2.05, 4.69) is 22.8 Å². The first-order valence-corrected chi connectivity index (χ1v) is 7.21. The third kappa shape index (κ3) is 4.23. The highest BCUT2D eigenvalue weighted by atomic mass is 16.6. The van der Waals surface area contributed by atoms with Crippen molar-refractivity contribution < 1.29 is 9.53 Å². The molecule has 0 aromatic heterocycles. The zero-order valence-corrected chi connectivity index (χ0v) is 12.5. The largest absolute Gasteiger partial charge is 0.444 e. The van der Waals surface area contributed by atoms with Crippen LogP contribution in [0.2, 0.25) is 0 Å². The monoisotopic (exact) mass is 276 g/mol. The lowest BCUT2D eigenvalue weighted by Crippen LogP contribution is -2.38. The van der Waals surface area contributed by atoms with E-state index >= 15 is 0 Å². The number of amides is 1. The van der Waals surface area contributed by atoms with Crippen LogP contribution in [0.3, 0.4) is 0 Å². The molecule has 0 bridgehead atoms. The summed E-state index contributed by atoms with van der Waals surface area (Å²) in [5.74, 6) is 0.407. The second-order valence-electron chi connectivity index (χ2n) is 6.29. The fraction of sp³-hybridized carbons (Fsp3) is 0.562. The molecule has 4 nitrogen and oxygen atoms in total. The van der Waals surface area contributed by atoms with Gasteiger partial charge in [0.1, 0.15) is 5.60 Å². The number of alkyl carbamates (subject to hydrolysis) is 1. The van der Waals surface area contributed by atoms with Crippen LogP contribution in [-0.4, -0.2) is 24.8 Å². The molecule has 1 aliphatic rings. The molecule has 110 valence electrons. The van der Waals surface area contributed by atoms with Crippen LogP contribution >= 0.6 is 0 Å². The number of benzene rings is 1. The van der Waals surface area contributed by atoms with Crippen molar-refractivity contribution in [1.82, 2.24) is 10.6 Å². The van der Waals surface area contributed by atoms with Crippen LogP contribution in [0.15, 0.2) is 30.3 Å². The second-order valence-corrected chi connectivity index (χ2v) is 6.29. The van der Waals surface area contributed by atoms with Crippen LogP contribution in [0.1, 0.15) is 38.8 Å². The lowest BCUT2D eigenvalue weighted by Gasteiger charge is -2.27. The van der Waals surface area contributed by atoms with Crippen molar-refractivity contribution in [3.8, 4) is 0 Å². The van der Waals surface area contributed by atoms with Gasteiger partial charge in [-0.1, -0.05) is 30.3 Å². The van der Waals surface area contributed by atoms with Gasteiger partial charge in [0.25, 0.3) is 0 Å². The Bertz CT molecular complexity index is 434. The molecule has 1 saturated heterocycles. The predicted octanol–water partition coefficient (Wildman–Crippen LogP) is 2.86. The highest BCUT2D eigenvalue weighted by molar-refractivity contribution is 5.68. The maximum absolute atomic E-state index is 12.0. The maximum atomic E-state index is 12.0. The van der Waals surface area contributed by atoms with E-state index in [0.717, 1.165) is 25.1 Å². The Morgan fingerprint density at radius 1 is 1.35 bits per heavy atom. The number of nitrogens with one attached hydrogen (secondary N) is 2. The molecule has 1 aromatic rings. The fourth-order valence-electron chi connectivity index (χ4n) is 2.53. The van der Waals surface area contributed by atoms with E-state index in [1.165, 1.54) is 0 Å². The first-order valence-electron chi connectivity index (χ1n) is 7.21. The SMILES string of the molecule is CC(C)(C)OC(=O)N[C@@H](c1ccccc1)C1CCNC1. The molecule has 2 atom stereocenters. The molecule has 0 radical (unpaired) electrons. The summed E-state index contributed by atoms with van der Waals surface area (Å²) in [6, 6.07) is 10.1. The molecule has 20 heavy (non-hydrogen) atoms. The number of rotatable bonds is 3. The van der Waals surface area contributed by atoms with E-state index in [-0.39, 0.29) is 12.1 Å². The molecule has 1 amide bonds. The fourth-order valence-corrected chi connectivity index (χ4v) is 2.53. The number of hydrogen-bond acceptors (Lipinski definition) is 3. The summed E-state index contributed by atoms with van der Waals surface area (Å²) in [4.78, 5) is 12.0. The van der Waals surface area contributed by atoms with Crippen LogP contribution in [0.5, 0.6) is 0 Å². The first kappa shape index (κ1) is 14.9. The van der Waals surface area contributed by atoms with E-state index in [1.54, 1.807) is 0 Å². The van der Waals surface area contributed by atoms with E-state index in [1.807, 2.05) is 39.0 Å². The summed E-state index contributed by atoms with van der Waals surface area (Å²) in [7, 11) is 0. The molecule has 1 aliphatic heterocycles. The molecule has 1 unspecified atom stereocenters. The molecular weight excluding hydrogens is 252 g/mol. The van der Waals surface area contributed by atoms with Gasteiger partial charge in [-0.15, -0.1) is 0 Å². The zero-order valence-electron chi connectivity index (χ0n) is 12.5. The van der Waals surface area contributed by atoms with E-state index in [0.29, 0.717) is 5.92 Å². The molecule has 2 N–H and O–H groups in total. The van der Waals surface area contributed by atoms with Crippen molar-refractivity contribution in [1.29, 1.82) is 0 Å². The van der Waals surface area contributed by atoms with Gasteiger partial charge in [-0.3, -0.25) is 0 Å². The van der Waals surface area contributed by atoms with Gasteiger partial charge in [-0.2, -0.15) is 0 Å². The molecule has 0 saturated carbocycles. The van der Waals surface area contributed by atoms with E-state index < -0.39 is 5.60 Å². The number of hydrogen-bond donors (Lipinski definition) is 2. The Hall–Kier alpha value is -1.55. The molecule has 1 heterocycles. The first-order chi connectivity index (χ1) is 9.46. The standard InChI is InChI=1S/C16H24N2O2/c1-16(2,3)20-15(19)18-14(13-9-10-17-11-13)12-7-5-4-6-8-12/h4-8,13-14,17H,9-11H2,1-3H3,(H,18,19)/t13?,14-/m0/s1. The third-order valence-electron chi connectivity index (χ3n) is 3.40. The Morgan fingerprint density at radius 3 is 2.60 bits per heavy atom. The van der Waals surface area contributed by atoms with Crippen molar-refractivity contribution in [3.63, 3.8) is 0 Å². The van der Waals surface area contributed by atoms with Crippen molar-refractivity contribution in [3.05, 3.63) is 35.9 Å². The minimum atomic E-state index is -0.473. The van der Waals surface area contributed by atoms with Gasteiger partial charge >= 0.3 is 6.09 Å². The smallest absolute Gasteiger partial charge is 0.408 e. The Morgan fingerprint density at radius 2 is 2.05 bits per heavy atom. The average Bonchev–Trinajstić information content (AvgIpc) is 2.88. The highest BCUT2D eigenvalue weighted by Crippen LogP contribution is 2.27. The Kier molecular flexibility index (Phi) is 4.65. The summed E-state index contributed by atoms with van der Waals surface area (Å²) in [5, 5.41) is 6.38. The Balaban J connectivity index is 2.09. The van der Waals surface area contributed by atoms with Crippen LogP contribution in [-0.2, 0) is 4.74 Å². The van der Waals surface area contributed by atoms with Crippen LogP contribution in [0.4, 0.5) is 4.79 Å². The van der Waals surface area contributed by atoms with Crippen molar-refractivity contribution in [2.24, 2.45) is 5.92 Å². The predicted molar refractivity (Wildman–Crippen MR) is 79.5 cm³/mol. The molecule has 1 fully saturated rings. The van der Waals surface area contributed by atoms with Gasteiger partial charge in [-0.05, 0) is 45.2 Å². The van der Waals surface area contributed by atoms with Crippen molar-refractivity contribution in [2.75, 3.05) is 13.1 Å². The third-order valence-corrected chi connectivity index (χ3v) is 3.40. The lowest BCUT2D eigenvalue weighted by molar-refractivity contribution is 0.0487. The lowest BCUT2D eigenvalue weighted by atomic mass is 9.92. The maximum Gasteiger partial charge on any atom is 0.408 e. The van der Waals surface area contributed by atoms with Gasteiger partial charge in [0.05, 0.1) is 6.04 Å². The molecule has 1 aromatic carbocycles. The minimum absolute atomic E-state index is 0.000972. The molecule has 2 rings (SSSR count). The molecule has 4 heteroatoms. The van der Waals surface area contributed by atoms with Crippen LogP contribution in [0.25, 0.3) is 0 Å². The second kappa shape index (κ2) is 6.27. The molecular formula is C16H24N2O2. The van der Waals surface area contributed by atoms with Crippen LogP contribution in [0, 0.1) is 5.92 Å². The molecule has 0 spiro atoms. The number of carbonyl (C=O) groups is 1. The van der Waals surface area contributed by atoms with Crippen molar-refractivity contribution in [2.45, 2.75) is 38.8 Å². The zero-order chi connectivity index (χ0) is 14.6. The van der Waals surface area contributed by atoms with E-state index in [4.69, 9.17) is 4.74 Å². The average molecular weight is 276 g/mol. The van der Waals surface area contributed by atoms with Crippen molar-refractivity contribution >= 4 is 6.09 Å². The number of carbonyl (C=O) groups excluding carboxylic acids is 1. The normalized spacial score (nSPS) is 20.4. The van der Waals surface area contributed by atoms with Gasteiger partial charge < -0.3 is 15.4 Å². The summed E-state index contributed by atoms with van der Waals surface area (Å²) in [5.41, 5.74) is 0.659. The van der Waals surface area contributed by atoms with Crippen LogP contribution < -0.4 is 10.6 Å². The quantitative estimate of drug-likeness (QED) is 0.892. The Labute approximate surface area is 120 Å². The van der Waals surface area contributed by atoms with Gasteiger partial charge in [0.15, 0.2) is 0 Å². The van der Waals surface area contributed by atoms with Gasteiger partial charge in [0.2, 0.25) is 0 Å². The highest BCUT2D eigenvalue weighted by Gasteiger charge is 2.29. The number of ether oxygens (including phenoxy) is 1. The molecule has 0 aliphatic carbocycles. The summed E-state index contributed by atoms with van der Waals surface area (Å²) in [6.45, 7) is 7.56. The summed E-state index contributed by atoms with van der Waals surface area (Å²) in [6.07, 6.45) is 0.716. The van der Waals surface area contributed by atoms with Gasteiger partial charge in [0, 0.05) is 6.54 Å².